The predicted octanol–water partition coefficient (Wildman–Crippen LogP) is 3.88. The average molecular weight is 491 g/mol. The number of amides is 3. The molecule has 9 nitrogen and oxygen atoms in total. The van der Waals surface area contributed by atoms with Crippen LogP contribution in [0.1, 0.15) is 12.5 Å². The summed E-state index contributed by atoms with van der Waals surface area (Å²) in [5, 5.41) is 11.4. The molecule has 0 atom stereocenters. The van der Waals surface area contributed by atoms with Crippen LogP contribution in [-0.4, -0.2) is 52.8 Å². The molecule has 0 saturated carbocycles. The number of hydrogen-bond acceptors (Lipinski definition) is 7. The van der Waals surface area contributed by atoms with E-state index in [-0.39, 0.29) is 10.7 Å². The Bertz CT molecular complexity index is 1140. The number of para-hydroxylation sites is 1. The van der Waals surface area contributed by atoms with Gasteiger partial charge in [-0.25, -0.2) is 4.79 Å². The Kier molecular flexibility index (Phi) is 7.96. The van der Waals surface area contributed by atoms with Crippen molar-refractivity contribution in [1.29, 1.82) is 0 Å². The summed E-state index contributed by atoms with van der Waals surface area (Å²) in [5.74, 6) is -1.97. The van der Waals surface area contributed by atoms with Gasteiger partial charge in [0.25, 0.3) is 11.1 Å². The zero-order chi connectivity index (χ0) is 24.0. The van der Waals surface area contributed by atoms with Gasteiger partial charge in [0, 0.05) is 16.3 Å². The number of imide groups is 1. The van der Waals surface area contributed by atoms with E-state index < -0.39 is 36.2 Å². The first kappa shape index (κ1) is 24.1. The number of carbonyl (C=O) groups is 4. The van der Waals surface area contributed by atoms with Crippen LogP contribution in [0.2, 0.25) is 5.02 Å². The van der Waals surface area contributed by atoms with Crippen molar-refractivity contribution in [1.82, 2.24) is 4.90 Å². The quantitative estimate of drug-likeness (QED) is 0.508. The fourth-order valence-corrected chi connectivity index (χ4v) is 3.91. The van der Waals surface area contributed by atoms with Crippen molar-refractivity contribution in [3.8, 4) is 11.5 Å². The third-order valence-electron chi connectivity index (χ3n) is 4.22. The second kappa shape index (κ2) is 10.9. The van der Waals surface area contributed by atoms with Crippen LogP contribution in [0.4, 0.5) is 10.5 Å². The minimum atomic E-state index is -1.18. The Balaban J connectivity index is 1.79. The van der Waals surface area contributed by atoms with E-state index in [9.17, 15) is 19.2 Å². The van der Waals surface area contributed by atoms with Crippen LogP contribution >= 0.6 is 23.4 Å². The largest absolute Gasteiger partial charge is 0.490 e. The van der Waals surface area contributed by atoms with Crippen molar-refractivity contribution in [2.75, 3.05) is 25.1 Å². The molecule has 0 bridgehead atoms. The topological polar surface area (TPSA) is 122 Å². The Hall–Kier alpha value is -3.50. The summed E-state index contributed by atoms with van der Waals surface area (Å²) in [6, 6.07) is 11.3. The molecule has 0 radical (unpaired) electrons. The van der Waals surface area contributed by atoms with Gasteiger partial charge in [-0.3, -0.25) is 19.3 Å². The molecule has 3 amide bonds. The number of aliphatic carboxylic acids is 1. The first-order chi connectivity index (χ1) is 15.8. The number of hydrogen-bond donors (Lipinski definition) is 2. The van der Waals surface area contributed by atoms with Crippen molar-refractivity contribution >= 4 is 58.1 Å². The number of thioether (sulfide) groups is 1. The molecule has 1 heterocycles. The van der Waals surface area contributed by atoms with E-state index in [1.165, 1.54) is 12.1 Å². The highest BCUT2D eigenvalue weighted by Crippen LogP contribution is 2.37. The molecule has 1 fully saturated rings. The molecule has 0 unspecified atom stereocenters. The van der Waals surface area contributed by atoms with Crippen molar-refractivity contribution in [3.63, 3.8) is 0 Å². The van der Waals surface area contributed by atoms with Crippen LogP contribution < -0.4 is 14.8 Å². The molecule has 1 aliphatic heterocycles. The summed E-state index contributed by atoms with van der Waals surface area (Å²) >= 11 is 6.56. The number of anilines is 1. The highest BCUT2D eigenvalue weighted by molar-refractivity contribution is 8.18. The van der Waals surface area contributed by atoms with Crippen LogP contribution in [-0.2, 0) is 14.4 Å². The molecular formula is C22H19ClN2O7S. The van der Waals surface area contributed by atoms with Crippen molar-refractivity contribution in [2.24, 2.45) is 0 Å². The van der Waals surface area contributed by atoms with Gasteiger partial charge in [0.1, 0.15) is 6.54 Å². The van der Waals surface area contributed by atoms with Crippen molar-refractivity contribution in [2.45, 2.75) is 6.92 Å². The lowest BCUT2D eigenvalue weighted by Gasteiger charge is -2.14. The normalized spacial score (nSPS) is 14.5. The lowest BCUT2D eigenvalue weighted by Crippen LogP contribution is -2.36. The standard InChI is InChI=1S/C22H19ClN2O7S/c1-2-31-16-8-3-5-13(20(16)32-12-19(27)28)9-17-21(29)25(22(30)33-17)11-18(26)24-15-7-4-6-14(23)10-15/h3-10H,2,11-12H2,1H3,(H,24,26)(H,27,28)/b17-9-. The molecular weight excluding hydrogens is 472 g/mol. The van der Waals surface area contributed by atoms with Gasteiger partial charge >= 0.3 is 5.97 Å². The molecule has 33 heavy (non-hydrogen) atoms. The number of rotatable bonds is 9. The van der Waals surface area contributed by atoms with Gasteiger partial charge in [-0.05, 0) is 49.0 Å². The van der Waals surface area contributed by atoms with Gasteiger partial charge in [0.15, 0.2) is 18.1 Å². The average Bonchev–Trinajstić information content (AvgIpc) is 3.00. The molecule has 2 N–H and O–H groups in total. The third kappa shape index (κ3) is 6.27. The molecule has 0 aliphatic carbocycles. The van der Waals surface area contributed by atoms with Gasteiger partial charge < -0.3 is 19.9 Å². The molecule has 11 heteroatoms. The lowest BCUT2D eigenvalue weighted by atomic mass is 10.1. The number of halogens is 1. The number of carbonyl (C=O) groups excluding carboxylic acids is 3. The second-order valence-corrected chi connectivity index (χ2v) is 8.05. The number of nitrogens with one attached hydrogen (secondary N) is 1. The summed E-state index contributed by atoms with van der Waals surface area (Å²) in [5.41, 5.74) is 0.791. The summed E-state index contributed by atoms with van der Waals surface area (Å²) < 4.78 is 10.8. The van der Waals surface area contributed by atoms with Crippen molar-refractivity contribution in [3.05, 3.63) is 58.0 Å². The van der Waals surface area contributed by atoms with E-state index in [2.05, 4.69) is 5.32 Å². The number of carboxylic acids is 1. The van der Waals surface area contributed by atoms with E-state index in [0.29, 0.717) is 40.4 Å². The molecule has 2 aromatic rings. The van der Waals surface area contributed by atoms with Crippen LogP contribution in [0.15, 0.2) is 47.4 Å². The smallest absolute Gasteiger partial charge is 0.341 e. The second-order valence-electron chi connectivity index (χ2n) is 6.62. The Morgan fingerprint density at radius 1 is 1.18 bits per heavy atom. The zero-order valence-electron chi connectivity index (χ0n) is 17.4. The van der Waals surface area contributed by atoms with Gasteiger partial charge in [-0.2, -0.15) is 0 Å². The van der Waals surface area contributed by atoms with E-state index >= 15 is 0 Å². The third-order valence-corrected chi connectivity index (χ3v) is 5.36. The molecule has 1 saturated heterocycles. The summed E-state index contributed by atoms with van der Waals surface area (Å²) in [7, 11) is 0. The maximum absolute atomic E-state index is 12.8. The van der Waals surface area contributed by atoms with E-state index in [4.69, 9.17) is 26.2 Å². The fraction of sp³-hybridized carbons (Fsp3) is 0.182. The van der Waals surface area contributed by atoms with E-state index in [1.807, 2.05) is 0 Å². The number of ether oxygens (including phenoxy) is 2. The predicted molar refractivity (Wildman–Crippen MR) is 124 cm³/mol. The summed E-state index contributed by atoms with van der Waals surface area (Å²) in [6.45, 7) is 0.977. The van der Waals surface area contributed by atoms with Crippen molar-refractivity contribution < 1.29 is 33.8 Å². The minimum absolute atomic E-state index is 0.0596. The Labute approximate surface area is 198 Å². The van der Waals surface area contributed by atoms with Crippen LogP contribution in [0.5, 0.6) is 11.5 Å². The minimum Gasteiger partial charge on any atom is -0.490 e. The lowest BCUT2D eigenvalue weighted by molar-refractivity contribution is -0.139. The molecule has 1 aliphatic rings. The van der Waals surface area contributed by atoms with Gasteiger partial charge in [-0.1, -0.05) is 29.8 Å². The molecule has 0 aromatic heterocycles. The maximum atomic E-state index is 12.8. The van der Waals surface area contributed by atoms with Gasteiger partial charge in [0.2, 0.25) is 5.91 Å². The molecule has 3 rings (SSSR count). The number of nitrogens with zero attached hydrogens (tertiary/aromatic N) is 1. The SMILES string of the molecule is CCOc1cccc(/C=C2\SC(=O)N(CC(=O)Nc3cccc(Cl)c3)C2=O)c1OCC(=O)O. The number of benzene rings is 2. The van der Waals surface area contributed by atoms with Crippen LogP contribution in [0.25, 0.3) is 6.08 Å². The molecule has 0 spiro atoms. The zero-order valence-corrected chi connectivity index (χ0v) is 18.9. The maximum Gasteiger partial charge on any atom is 0.341 e. The Morgan fingerprint density at radius 2 is 1.94 bits per heavy atom. The highest BCUT2D eigenvalue weighted by Gasteiger charge is 2.36. The van der Waals surface area contributed by atoms with E-state index in [0.717, 1.165) is 4.90 Å². The molecule has 172 valence electrons. The van der Waals surface area contributed by atoms with E-state index in [1.54, 1.807) is 43.3 Å². The molecule has 2 aromatic carbocycles. The first-order valence-electron chi connectivity index (χ1n) is 9.69. The van der Waals surface area contributed by atoms with Gasteiger partial charge in [-0.15, -0.1) is 0 Å². The van der Waals surface area contributed by atoms with Gasteiger partial charge in [0.05, 0.1) is 11.5 Å². The van der Waals surface area contributed by atoms with Crippen LogP contribution in [0, 0.1) is 0 Å². The highest BCUT2D eigenvalue weighted by atomic mass is 35.5. The van der Waals surface area contributed by atoms with Crippen LogP contribution in [0.3, 0.4) is 0 Å². The monoisotopic (exact) mass is 490 g/mol. The summed E-state index contributed by atoms with van der Waals surface area (Å²) in [6.07, 6.45) is 1.40. The first-order valence-corrected chi connectivity index (χ1v) is 10.9. The number of carboxylic acid groups (broad SMARTS) is 1. The Morgan fingerprint density at radius 3 is 2.64 bits per heavy atom. The fourth-order valence-electron chi connectivity index (χ4n) is 2.89. The summed E-state index contributed by atoms with van der Waals surface area (Å²) in [4.78, 5) is 49.4.